The molecule has 1 aliphatic heterocycles. The number of likely N-dealkylation sites (N-methyl/N-ethyl adjacent to an activating group) is 1. The molecule has 8 nitrogen and oxygen atoms in total. The Kier molecular flexibility index (Phi) is 5.78. The number of aryl methyl sites for hydroxylation is 1. The number of carbonyl (C=O) groups excluding carboxylic acids is 1. The number of carbonyl (C=O) groups is 1. The molecule has 168 valence electrons. The Morgan fingerprint density at radius 1 is 1.25 bits per heavy atom. The highest BCUT2D eigenvalue weighted by Gasteiger charge is 2.29. The first-order valence-electron chi connectivity index (χ1n) is 11.4. The molecule has 0 spiro atoms. The van der Waals surface area contributed by atoms with Crippen molar-refractivity contribution in [3.63, 3.8) is 0 Å². The van der Waals surface area contributed by atoms with Crippen molar-refractivity contribution in [3.8, 4) is 11.6 Å². The van der Waals surface area contributed by atoms with Gasteiger partial charge in [-0.25, -0.2) is 0 Å². The minimum absolute atomic E-state index is 0.0719. The van der Waals surface area contributed by atoms with Gasteiger partial charge >= 0.3 is 0 Å². The third kappa shape index (κ3) is 4.60. The third-order valence-corrected chi connectivity index (χ3v) is 6.27. The van der Waals surface area contributed by atoms with E-state index in [-0.39, 0.29) is 5.91 Å². The smallest absolute Gasteiger partial charge is 0.278 e. The van der Waals surface area contributed by atoms with Gasteiger partial charge in [-0.3, -0.25) is 9.48 Å². The fraction of sp³-hybridized carbons (Fsp3) is 0.500. The van der Waals surface area contributed by atoms with Crippen molar-refractivity contribution in [1.29, 1.82) is 0 Å². The molecule has 0 bridgehead atoms. The Balaban J connectivity index is 1.23. The van der Waals surface area contributed by atoms with E-state index >= 15 is 0 Å². The second-order valence-electron chi connectivity index (χ2n) is 8.95. The standard InChI is InChI=1S/C24H29N5O3/c1-16-3-5-17(6-4-16)13-22(30)28(2)11-9-21-25-24(32-27-21)23-19-15-31-12-10-20(19)29(26-23)14-18-7-8-18/h3-6,18H,7-15H2,1-2H3. The van der Waals surface area contributed by atoms with Crippen molar-refractivity contribution in [2.24, 2.45) is 5.92 Å². The summed E-state index contributed by atoms with van der Waals surface area (Å²) in [5, 5.41) is 8.94. The van der Waals surface area contributed by atoms with Crippen LogP contribution in [0, 0.1) is 12.8 Å². The predicted octanol–water partition coefficient (Wildman–Crippen LogP) is 2.97. The average molecular weight is 436 g/mol. The lowest BCUT2D eigenvalue weighted by Gasteiger charge is -2.16. The molecule has 2 aliphatic rings. The third-order valence-electron chi connectivity index (χ3n) is 6.27. The van der Waals surface area contributed by atoms with Crippen molar-refractivity contribution in [1.82, 2.24) is 24.8 Å². The number of hydrogen-bond donors (Lipinski definition) is 0. The fourth-order valence-corrected chi connectivity index (χ4v) is 4.04. The van der Waals surface area contributed by atoms with Gasteiger partial charge in [-0.1, -0.05) is 35.0 Å². The SMILES string of the molecule is Cc1ccc(CC(=O)N(C)CCc2noc(-c3nn(CC4CC4)c4c3COCC4)n2)cc1. The lowest BCUT2D eigenvalue weighted by Crippen LogP contribution is -2.30. The summed E-state index contributed by atoms with van der Waals surface area (Å²) in [7, 11) is 1.81. The van der Waals surface area contributed by atoms with Crippen LogP contribution in [0.25, 0.3) is 11.6 Å². The minimum Gasteiger partial charge on any atom is -0.376 e. The van der Waals surface area contributed by atoms with Gasteiger partial charge < -0.3 is 14.2 Å². The maximum atomic E-state index is 12.5. The fourth-order valence-electron chi connectivity index (χ4n) is 4.04. The number of hydrogen-bond acceptors (Lipinski definition) is 6. The Morgan fingerprint density at radius 2 is 2.06 bits per heavy atom. The van der Waals surface area contributed by atoms with Crippen LogP contribution in [0.15, 0.2) is 28.8 Å². The largest absolute Gasteiger partial charge is 0.376 e. The molecule has 1 fully saturated rings. The topological polar surface area (TPSA) is 86.3 Å². The van der Waals surface area contributed by atoms with Gasteiger partial charge in [0, 0.05) is 44.2 Å². The molecule has 0 atom stereocenters. The molecule has 1 saturated carbocycles. The molecule has 2 aromatic heterocycles. The Hall–Kier alpha value is -3.00. The number of rotatable bonds is 8. The molecule has 0 saturated heterocycles. The Morgan fingerprint density at radius 3 is 2.84 bits per heavy atom. The van der Waals surface area contributed by atoms with Crippen LogP contribution in [-0.2, 0) is 41.9 Å². The molecule has 0 radical (unpaired) electrons. The monoisotopic (exact) mass is 435 g/mol. The average Bonchev–Trinajstić information content (AvgIpc) is 3.37. The summed E-state index contributed by atoms with van der Waals surface area (Å²) in [6.45, 7) is 4.78. The molecule has 3 heterocycles. The van der Waals surface area contributed by atoms with E-state index in [0.29, 0.717) is 37.7 Å². The summed E-state index contributed by atoms with van der Waals surface area (Å²) >= 11 is 0. The number of benzene rings is 1. The van der Waals surface area contributed by atoms with Crippen LogP contribution >= 0.6 is 0 Å². The maximum Gasteiger partial charge on any atom is 0.278 e. The minimum atomic E-state index is 0.0719. The molecule has 3 aromatic rings. The number of aromatic nitrogens is 4. The molecule has 0 unspecified atom stereocenters. The molecule has 32 heavy (non-hydrogen) atoms. The number of amides is 1. The van der Waals surface area contributed by atoms with Gasteiger partial charge in [0.15, 0.2) is 11.5 Å². The lowest BCUT2D eigenvalue weighted by molar-refractivity contribution is -0.129. The molecular weight excluding hydrogens is 406 g/mol. The first kappa shape index (κ1) is 20.9. The summed E-state index contributed by atoms with van der Waals surface area (Å²) in [4.78, 5) is 18.8. The molecular formula is C24H29N5O3. The summed E-state index contributed by atoms with van der Waals surface area (Å²) in [5.74, 6) is 1.82. The van der Waals surface area contributed by atoms with Gasteiger partial charge in [0.1, 0.15) is 0 Å². The van der Waals surface area contributed by atoms with E-state index in [4.69, 9.17) is 14.4 Å². The summed E-state index contributed by atoms with van der Waals surface area (Å²) in [6.07, 6.45) is 4.34. The van der Waals surface area contributed by atoms with Crippen LogP contribution in [0.2, 0.25) is 0 Å². The van der Waals surface area contributed by atoms with Gasteiger partial charge in [-0.2, -0.15) is 10.1 Å². The van der Waals surface area contributed by atoms with Crippen LogP contribution in [0.1, 0.15) is 41.1 Å². The van der Waals surface area contributed by atoms with E-state index in [0.717, 1.165) is 42.3 Å². The first-order valence-corrected chi connectivity index (χ1v) is 11.4. The van der Waals surface area contributed by atoms with Crippen molar-refractivity contribution in [3.05, 3.63) is 52.5 Å². The maximum absolute atomic E-state index is 12.5. The van der Waals surface area contributed by atoms with Crippen LogP contribution in [0.4, 0.5) is 0 Å². The van der Waals surface area contributed by atoms with Gasteiger partial charge in [-0.15, -0.1) is 0 Å². The second kappa shape index (κ2) is 8.86. The highest BCUT2D eigenvalue weighted by atomic mass is 16.5. The quantitative estimate of drug-likeness (QED) is 0.541. The molecule has 0 N–H and O–H groups in total. The van der Waals surface area contributed by atoms with Crippen LogP contribution in [-0.4, -0.2) is 50.9 Å². The predicted molar refractivity (Wildman–Crippen MR) is 118 cm³/mol. The summed E-state index contributed by atoms with van der Waals surface area (Å²) < 4.78 is 13.3. The second-order valence-corrected chi connectivity index (χ2v) is 8.95. The molecule has 8 heteroatoms. The highest BCUT2D eigenvalue weighted by Crippen LogP contribution is 2.34. The molecule has 1 aromatic carbocycles. The van der Waals surface area contributed by atoms with Crippen molar-refractivity contribution in [2.45, 2.75) is 52.2 Å². The summed E-state index contributed by atoms with van der Waals surface area (Å²) in [6, 6.07) is 8.05. The zero-order valence-corrected chi connectivity index (χ0v) is 18.7. The first-order chi connectivity index (χ1) is 15.6. The zero-order chi connectivity index (χ0) is 22.1. The van der Waals surface area contributed by atoms with E-state index in [1.54, 1.807) is 4.90 Å². The highest BCUT2D eigenvalue weighted by molar-refractivity contribution is 5.78. The molecule has 1 aliphatic carbocycles. The van der Waals surface area contributed by atoms with E-state index in [1.165, 1.54) is 24.1 Å². The number of ether oxygens (including phenoxy) is 1. The van der Waals surface area contributed by atoms with Crippen LogP contribution in [0.5, 0.6) is 0 Å². The zero-order valence-electron chi connectivity index (χ0n) is 18.7. The summed E-state index contributed by atoms with van der Waals surface area (Å²) in [5.41, 5.74) is 5.25. The number of fused-ring (bicyclic) bond motifs is 1. The van der Waals surface area contributed by atoms with E-state index in [2.05, 4.69) is 14.8 Å². The van der Waals surface area contributed by atoms with Crippen LogP contribution in [0.3, 0.4) is 0 Å². The molecule has 5 rings (SSSR count). The van der Waals surface area contributed by atoms with E-state index < -0.39 is 0 Å². The van der Waals surface area contributed by atoms with Gasteiger partial charge in [-0.05, 0) is 31.2 Å². The van der Waals surface area contributed by atoms with E-state index in [1.807, 2.05) is 38.2 Å². The Bertz CT molecular complexity index is 1100. The normalized spacial score (nSPS) is 15.6. The van der Waals surface area contributed by atoms with Crippen LogP contribution < -0.4 is 0 Å². The van der Waals surface area contributed by atoms with Gasteiger partial charge in [0.2, 0.25) is 5.91 Å². The van der Waals surface area contributed by atoms with E-state index in [9.17, 15) is 4.79 Å². The van der Waals surface area contributed by atoms with Crippen molar-refractivity contribution >= 4 is 5.91 Å². The van der Waals surface area contributed by atoms with Gasteiger partial charge in [0.05, 0.1) is 19.6 Å². The lowest BCUT2D eigenvalue weighted by atomic mass is 10.1. The van der Waals surface area contributed by atoms with Gasteiger partial charge in [0.25, 0.3) is 5.89 Å². The molecule has 1 amide bonds. The number of nitrogens with zero attached hydrogens (tertiary/aromatic N) is 5. The Labute approximate surface area is 187 Å². The van der Waals surface area contributed by atoms with Crippen molar-refractivity contribution < 1.29 is 14.1 Å². The van der Waals surface area contributed by atoms with Crippen molar-refractivity contribution in [2.75, 3.05) is 20.2 Å².